The Balaban J connectivity index is 2.04. The Morgan fingerprint density at radius 3 is 2.94 bits per heavy atom. The van der Waals surface area contributed by atoms with Crippen molar-refractivity contribution in [3.05, 3.63) is 40.0 Å². The van der Waals surface area contributed by atoms with Crippen molar-refractivity contribution in [2.75, 3.05) is 0 Å². The van der Waals surface area contributed by atoms with Gasteiger partial charge in [-0.3, -0.25) is 4.79 Å². The van der Waals surface area contributed by atoms with Crippen molar-refractivity contribution < 1.29 is 4.42 Å². The number of aryl methyl sites for hydroxylation is 1. The van der Waals surface area contributed by atoms with Crippen molar-refractivity contribution in [1.82, 2.24) is 9.97 Å². The predicted molar refractivity (Wildman–Crippen MR) is 63.9 cm³/mol. The van der Waals surface area contributed by atoms with Crippen LogP contribution in [0.3, 0.4) is 0 Å². The van der Waals surface area contributed by atoms with Gasteiger partial charge in [-0.1, -0.05) is 6.92 Å². The Morgan fingerprint density at radius 1 is 1.47 bits per heavy atom. The van der Waals surface area contributed by atoms with E-state index in [9.17, 15) is 4.79 Å². The maximum Gasteiger partial charge on any atom is 0.251 e. The van der Waals surface area contributed by atoms with E-state index in [1.165, 1.54) is 0 Å². The molecular formula is C13H14N2O2. The van der Waals surface area contributed by atoms with Gasteiger partial charge in [0.05, 0.1) is 5.69 Å². The number of hydrogen-bond acceptors (Lipinski definition) is 3. The van der Waals surface area contributed by atoms with Crippen molar-refractivity contribution in [3.8, 4) is 11.6 Å². The maximum absolute atomic E-state index is 11.6. The molecule has 2 heterocycles. The van der Waals surface area contributed by atoms with E-state index in [1.54, 1.807) is 6.07 Å². The molecule has 1 saturated carbocycles. The lowest BCUT2D eigenvalue weighted by atomic mass is 10.3. The zero-order valence-corrected chi connectivity index (χ0v) is 9.69. The fourth-order valence-electron chi connectivity index (χ4n) is 1.88. The van der Waals surface area contributed by atoms with E-state index in [1.807, 2.05) is 19.1 Å². The highest BCUT2D eigenvalue weighted by Gasteiger charge is 2.26. The quantitative estimate of drug-likeness (QED) is 0.881. The molecule has 0 atom stereocenters. The summed E-state index contributed by atoms with van der Waals surface area (Å²) in [7, 11) is 0. The Labute approximate surface area is 98.7 Å². The molecule has 0 saturated heterocycles. The van der Waals surface area contributed by atoms with Gasteiger partial charge in [-0.2, -0.15) is 0 Å². The predicted octanol–water partition coefficient (Wildman–Crippen LogP) is 2.47. The average Bonchev–Trinajstić information content (AvgIpc) is 3.06. The van der Waals surface area contributed by atoms with Crippen LogP contribution in [-0.4, -0.2) is 9.97 Å². The van der Waals surface area contributed by atoms with Crippen LogP contribution in [0.25, 0.3) is 11.6 Å². The molecule has 4 nitrogen and oxygen atoms in total. The molecule has 1 aliphatic rings. The summed E-state index contributed by atoms with van der Waals surface area (Å²) >= 11 is 0. The van der Waals surface area contributed by atoms with Crippen LogP contribution in [0.15, 0.2) is 27.4 Å². The van der Waals surface area contributed by atoms with Crippen LogP contribution < -0.4 is 5.56 Å². The molecule has 2 aromatic heterocycles. The first-order valence-electron chi connectivity index (χ1n) is 5.96. The van der Waals surface area contributed by atoms with Crippen LogP contribution in [0.4, 0.5) is 0 Å². The Kier molecular flexibility index (Phi) is 2.35. The number of H-pyrrole nitrogens is 1. The Morgan fingerprint density at radius 2 is 2.29 bits per heavy atom. The minimum atomic E-state index is -0.105. The first kappa shape index (κ1) is 10.3. The summed E-state index contributed by atoms with van der Waals surface area (Å²) in [6.45, 7) is 2.03. The van der Waals surface area contributed by atoms with Gasteiger partial charge in [0.1, 0.15) is 5.76 Å². The van der Waals surface area contributed by atoms with Gasteiger partial charge in [0.15, 0.2) is 11.6 Å². The highest BCUT2D eigenvalue weighted by molar-refractivity contribution is 5.47. The molecule has 4 heteroatoms. The number of aromatic nitrogens is 2. The molecule has 17 heavy (non-hydrogen) atoms. The molecule has 3 rings (SSSR count). The molecule has 2 aromatic rings. The number of hydrogen-bond donors (Lipinski definition) is 1. The van der Waals surface area contributed by atoms with E-state index < -0.39 is 0 Å². The molecule has 1 fully saturated rings. The van der Waals surface area contributed by atoms with Crippen molar-refractivity contribution in [2.45, 2.75) is 32.1 Å². The topological polar surface area (TPSA) is 58.9 Å². The van der Waals surface area contributed by atoms with Crippen LogP contribution in [-0.2, 0) is 6.42 Å². The van der Waals surface area contributed by atoms with E-state index in [4.69, 9.17) is 4.42 Å². The molecule has 0 bridgehead atoms. The summed E-state index contributed by atoms with van der Waals surface area (Å²) < 4.78 is 5.60. The first-order valence-corrected chi connectivity index (χ1v) is 5.96. The fourth-order valence-corrected chi connectivity index (χ4v) is 1.88. The summed E-state index contributed by atoms with van der Waals surface area (Å²) in [6, 6.07) is 5.36. The molecular weight excluding hydrogens is 216 g/mol. The lowest BCUT2D eigenvalue weighted by Crippen LogP contribution is -2.09. The number of nitrogens with zero attached hydrogens (tertiary/aromatic N) is 1. The molecule has 0 amide bonds. The van der Waals surface area contributed by atoms with Crippen LogP contribution >= 0.6 is 0 Å². The van der Waals surface area contributed by atoms with E-state index in [-0.39, 0.29) is 5.56 Å². The number of furan rings is 1. The van der Waals surface area contributed by atoms with Crippen LogP contribution in [0, 0.1) is 0 Å². The van der Waals surface area contributed by atoms with Gasteiger partial charge >= 0.3 is 0 Å². The van der Waals surface area contributed by atoms with E-state index >= 15 is 0 Å². The van der Waals surface area contributed by atoms with Crippen molar-refractivity contribution >= 4 is 0 Å². The van der Waals surface area contributed by atoms with Crippen molar-refractivity contribution in [3.63, 3.8) is 0 Å². The third-order valence-electron chi connectivity index (χ3n) is 3.00. The van der Waals surface area contributed by atoms with E-state index in [0.717, 1.165) is 30.7 Å². The van der Waals surface area contributed by atoms with Gasteiger partial charge < -0.3 is 9.40 Å². The van der Waals surface area contributed by atoms with Crippen LogP contribution in [0.5, 0.6) is 0 Å². The van der Waals surface area contributed by atoms with Gasteiger partial charge in [-0.15, -0.1) is 0 Å². The van der Waals surface area contributed by atoms with Crippen LogP contribution in [0.2, 0.25) is 0 Å². The second-order valence-corrected chi connectivity index (χ2v) is 4.41. The first-order chi connectivity index (χ1) is 8.26. The molecule has 0 aliphatic heterocycles. The molecule has 88 valence electrons. The minimum Gasteiger partial charge on any atom is -0.458 e. The van der Waals surface area contributed by atoms with Gasteiger partial charge in [-0.25, -0.2) is 4.98 Å². The van der Waals surface area contributed by atoms with Gasteiger partial charge in [0.25, 0.3) is 5.56 Å². The Hall–Kier alpha value is -1.84. The molecule has 1 N–H and O–H groups in total. The summed E-state index contributed by atoms with van der Waals surface area (Å²) in [5.41, 5.74) is 0.782. The van der Waals surface area contributed by atoms with Crippen LogP contribution in [0.1, 0.15) is 37.1 Å². The third kappa shape index (κ3) is 2.02. The molecule has 0 unspecified atom stereocenters. The highest BCUT2D eigenvalue weighted by atomic mass is 16.3. The summed E-state index contributed by atoms with van der Waals surface area (Å²) in [5.74, 6) is 2.55. The summed E-state index contributed by atoms with van der Waals surface area (Å²) in [6.07, 6.45) is 3.11. The molecule has 0 spiro atoms. The number of nitrogens with one attached hydrogen (secondary N) is 1. The summed E-state index contributed by atoms with van der Waals surface area (Å²) in [4.78, 5) is 18.7. The maximum atomic E-state index is 11.6. The zero-order chi connectivity index (χ0) is 11.8. The number of rotatable bonds is 3. The van der Waals surface area contributed by atoms with Gasteiger partial charge in [0, 0.05) is 18.4 Å². The molecule has 0 aromatic carbocycles. The second-order valence-electron chi connectivity index (χ2n) is 4.41. The zero-order valence-electron chi connectivity index (χ0n) is 9.69. The molecule has 1 aliphatic carbocycles. The minimum absolute atomic E-state index is 0.105. The van der Waals surface area contributed by atoms with E-state index in [0.29, 0.717) is 17.5 Å². The lowest BCUT2D eigenvalue weighted by Gasteiger charge is -2.00. The summed E-state index contributed by atoms with van der Waals surface area (Å²) in [5, 5.41) is 0. The van der Waals surface area contributed by atoms with Crippen molar-refractivity contribution in [1.29, 1.82) is 0 Å². The van der Waals surface area contributed by atoms with Gasteiger partial charge in [-0.05, 0) is 25.0 Å². The van der Waals surface area contributed by atoms with Gasteiger partial charge in [0.2, 0.25) is 0 Å². The lowest BCUT2D eigenvalue weighted by molar-refractivity contribution is 0.525. The molecule has 0 radical (unpaired) electrons. The SMILES string of the molecule is CCc1ccc(-c2nc(C3CC3)cc(=O)[nH]2)o1. The average molecular weight is 230 g/mol. The van der Waals surface area contributed by atoms with Crippen molar-refractivity contribution in [2.24, 2.45) is 0 Å². The standard InChI is InChI=1S/C13H14N2O2/c1-2-9-5-6-11(17-9)13-14-10(8-3-4-8)7-12(16)15-13/h5-8H,2-4H2,1H3,(H,14,15,16). The highest BCUT2D eigenvalue weighted by Crippen LogP contribution is 2.38. The van der Waals surface area contributed by atoms with E-state index in [2.05, 4.69) is 9.97 Å². The fraction of sp³-hybridized carbons (Fsp3) is 0.385. The largest absolute Gasteiger partial charge is 0.458 e. The normalized spacial score (nSPS) is 15.1. The smallest absolute Gasteiger partial charge is 0.251 e. The third-order valence-corrected chi connectivity index (χ3v) is 3.00. The monoisotopic (exact) mass is 230 g/mol. The number of aromatic amines is 1. The second kappa shape index (κ2) is 3.87. The Bertz CT molecular complexity index is 593.